The zero-order valence-electron chi connectivity index (χ0n) is 33.2. The summed E-state index contributed by atoms with van der Waals surface area (Å²) in [5.74, 6) is 5.45. The van der Waals surface area contributed by atoms with Gasteiger partial charge in [-0.3, -0.25) is 0 Å². The molecular formula is C45H72I2N2O2. The highest BCUT2D eigenvalue weighted by Crippen LogP contribution is 2.58. The molecule has 0 saturated heterocycles. The maximum atomic E-state index is 6.25. The van der Waals surface area contributed by atoms with E-state index in [0.29, 0.717) is 0 Å². The number of hydrogen-bond acceptors (Lipinski definition) is 2. The minimum Gasteiger partial charge on any atom is -1.00 e. The highest BCUT2D eigenvalue weighted by molar-refractivity contribution is 5.83. The first-order valence-electron chi connectivity index (χ1n) is 20.7. The topological polar surface area (TPSA) is 18.5 Å². The fraction of sp³-hybridized carbons (Fsp3) is 0.689. The van der Waals surface area contributed by atoms with Crippen LogP contribution in [0.3, 0.4) is 0 Å². The molecule has 4 aliphatic carbocycles. The molecule has 0 aliphatic heterocycles. The second-order valence-corrected chi connectivity index (χ2v) is 16.7. The summed E-state index contributed by atoms with van der Waals surface area (Å²) >= 11 is 0. The Kier molecular flexibility index (Phi) is 19.1. The van der Waals surface area contributed by atoms with Gasteiger partial charge in [0, 0.05) is 0 Å². The Hall–Kier alpha value is -0.840. The number of rotatable bonds is 22. The van der Waals surface area contributed by atoms with E-state index >= 15 is 0 Å². The van der Waals surface area contributed by atoms with Gasteiger partial charge in [0.05, 0.1) is 66.6 Å². The van der Waals surface area contributed by atoms with Gasteiger partial charge in [0.15, 0.2) is 0 Å². The monoisotopic (exact) mass is 926 g/mol. The van der Waals surface area contributed by atoms with Crippen LogP contribution in [-0.4, -0.2) is 75.5 Å². The Labute approximate surface area is 347 Å². The molecule has 2 aromatic rings. The van der Waals surface area contributed by atoms with E-state index in [0.717, 1.165) is 61.2 Å². The van der Waals surface area contributed by atoms with Crippen molar-refractivity contribution in [3.63, 3.8) is 0 Å². The van der Waals surface area contributed by atoms with Crippen LogP contribution in [0.25, 0.3) is 5.57 Å². The number of ether oxygens (including phenoxy) is 2. The number of allylic oxidation sites excluding steroid dienone is 1. The number of quaternary nitrogens is 2. The van der Waals surface area contributed by atoms with Crippen LogP contribution in [0.4, 0.5) is 0 Å². The molecule has 288 valence electrons. The third-order valence-corrected chi connectivity index (χ3v) is 13.4. The van der Waals surface area contributed by atoms with Crippen LogP contribution in [0.1, 0.15) is 122 Å². The zero-order valence-corrected chi connectivity index (χ0v) is 37.6. The number of benzene rings is 2. The van der Waals surface area contributed by atoms with Gasteiger partial charge in [0.25, 0.3) is 0 Å². The molecule has 0 spiro atoms. The molecule has 4 aliphatic rings. The van der Waals surface area contributed by atoms with Gasteiger partial charge in [-0.2, -0.15) is 0 Å². The summed E-state index contributed by atoms with van der Waals surface area (Å²) in [6, 6.07) is 18.2. The van der Waals surface area contributed by atoms with Crippen LogP contribution in [-0.2, 0) is 0 Å². The Morgan fingerprint density at radius 2 is 0.863 bits per heavy atom. The maximum Gasteiger partial charge on any atom is 0.119 e. The lowest BCUT2D eigenvalue weighted by atomic mass is 9.53. The van der Waals surface area contributed by atoms with Crippen LogP contribution < -0.4 is 57.4 Å². The van der Waals surface area contributed by atoms with Gasteiger partial charge in [-0.25, -0.2) is 0 Å². The van der Waals surface area contributed by atoms with Crippen LogP contribution in [0, 0.1) is 23.7 Å². The molecule has 0 heterocycles. The Balaban J connectivity index is 0.00000351. The minimum absolute atomic E-state index is 0. The first-order chi connectivity index (χ1) is 23.8. The number of halogens is 2. The number of hydrogen-bond donors (Lipinski definition) is 0. The fourth-order valence-electron chi connectivity index (χ4n) is 9.39. The lowest BCUT2D eigenvalue weighted by Crippen LogP contribution is -3.00. The van der Waals surface area contributed by atoms with E-state index in [1.54, 1.807) is 5.57 Å². The smallest absolute Gasteiger partial charge is 0.119 e. The standard InChI is InChI=1S/C45H72N2O2.2HI/c1-7-46(5,8-2)27-15-11-13-17-29-48-42-23-19-38(20-24-42)44(45-40-32-36-31-37(34-40)35-41(45)33-36)39-21-25-43(26-22-39)49-30-18-14-12-16-28-47(6,9-3)10-4;;/h19-26,36-37,40-41H,7-18,27-35H2,1-6H3;2*1H/q+2;;/p-2. The van der Waals surface area contributed by atoms with E-state index in [-0.39, 0.29) is 48.0 Å². The summed E-state index contributed by atoms with van der Waals surface area (Å²) in [5, 5.41) is 0. The molecular weight excluding hydrogens is 854 g/mol. The summed E-state index contributed by atoms with van der Waals surface area (Å²) in [5.41, 5.74) is 5.98. The Bertz CT molecular complexity index is 1190. The molecule has 0 atom stereocenters. The summed E-state index contributed by atoms with van der Waals surface area (Å²) < 4.78 is 14.9. The van der Waals surface area contributed by atoms with E-state index in [1.165, 1.54) is 136 Å². The molecule has 2 aromatic carbocycles. The summed E-state index contributed by atoms with van der Waals surface area (Å²) in [6.45, 7) is 18.4. The molecule has 0 aromatic heterocycles. The molecule has 4 bridgehead atoms. The SMILES string of the molecule is CC[N+](C)(CC)CCCCCCOc1ccc(C(=C2C3CC4CC(C3)CC2C4)c2ccc(OCCCCCC[N+](C)(CC)CC)cc2)cc1.[I-].[I-]. The largest absolute Gasteiger partial charge is 1.00 e. The van der Waals surface area contributed by atoms with Crippen molar-refractivity contribution in [2.75, 3.05) is 66.6 Å². The first-order valence-corrected chi connectivity index (χ1v) is 20.7. The van der Waals surface area contributed by atoms with Crippen molar-refractivity contribution in [3.8, 4) is 11.5 Å². The van der Waals surface area contributed by atoms with Gasteiger partial charge in [0.1, 0.15) is 11.5 Å². The molecule has 4 nitrogen and oxygen atoms in total. The normalized spacial score (nSPS) is 20.9. The third-order valence-electron chi connectivity index (χ3n) is 13.4. The van der Waals surface area contributed by atoms with Gasteiger partial charge < -0.3 is 66.4 Å². The average molecular weight is 927 g/mol. The summed E-state index contributed by atoms with van der Waals surface area (Å²) in [7, 11) is 4.78. The number of nitrogens with zero attached hydrogens (tertiary/aromatic N) is 2. The first kappa shape index (κ1) is 44.6. The minimum atomic E-state index is 0. The van der Waals surface area contributed by atoms with Gasteiger partial charge in [0.2, 0.25) is 0 Å². The Morgan fingerprint density at radius 3 is 1.22 bits per heavy atom. The van der Waals surface area contributed by atoms with Crippen molar-refractivity contribution in [2.24, 2.45) is 23.7 Å². The molecule has 4 fully saturated rings. The second-order valence-electron chi connectivity index (χ2n) is 16.7. The quantitative estimate of drug-likeness (QED) is 0.0962. The van der Waals surface area contributed by atoms with E-state index < -0.39 is 0 Å². The van der Waals surface area contributed by atoms with Crippen LogP contribution >= 0.6 is 0 Å². The second kappa shape index (κ2) is 21.9. The van der Waals surface area contributed by atoms with Crippen LogP contribution in [0.15, 0.2) is 54.1 Å². The molecule has 4 saturated carbocycles. The molecule has 6 rings (SSSR count). The highest BCUT2D eigenvalue weighted by Gasteiger charge is 2.46. The Morgan fingerprint density at radius 1 is 0.510 bits per heavy atom. The lowest BCUT2D eigenvalue weighted by molar-refractivity contribution is -0.906. The van der Waals surface area contributed by atoms with Gasteiger partial charge >= 0.3 is 0 Å². The van der Waals surface area contributed by atoms with Crippen molar-refractivity contribution in [3.05, 3.63) is 65.2 Å². The molecule has 0 amide bonds. The van der Waals surface area contributed by atoms with Crippen LogP contribution in [0.5, 0.6) is 11.5 Å². The predicted molar refractivity (Wildman–Crippen MR) is 208 cm³/mol. The van der Waals surface area contributed by atoms with E-state index in [4.69, 9.17) is 9.47 Å². The van der Waals surface area contributed by atoms with E-state index in [2.05, 4.69) is 90.3 Å². The van der Waals surface area contributed by atoms with Crippen molar-refractivity contribution < 1.29 is 66.4 Å². The average Bonchev–Trinajstić information content (AvgIpc) is 3.12. The summed E-state index contributed by atoms with van der Waals surface area (Å²) in [6.07, 6.45) is 17.1. The fourth-order valence-corrected chi connectivity index (χ4v) is 9.39. The van der Waals surface area contributed by atoms with Crippen LogP contribution in [0.2, 0.25) is 0 Å². The van der Waals surface area contributed by atoms with Crippen molar-refractivity contribution in [2.45, 2.75) is 111 Å². The summed E-state index contributed by atoms with van der Waals surface area (Å²) in [4.78, 5) is 0. The predicted octanol–water partition coefficient (Wildman–Crippen LogP) is 4.80. The third kappa shape index (κ3) is 12.6. The van der Waals surface area contributed by atoms with E-state index in [9.17, 15) is 0 Å². The molecule has 0 radical (unpaired) electrons. The van der Waals surface area contributed by atoms with Gasteiger partial charge in [-0.15, -0.1) is 0 Å². The molecule has 0 unspecified atom stereocenters. The zero-order chi connectivity index (χ0) is 34.7. The van der Waals surface area contributed by atoms with Crippen molar-refractivity contribution in [1.82, 2.24) is 0 Å². The maximum absolute atomic E-state index is 6.25. The van der Waals surface area contributed by atoms with Crippen molar-refractivity contribution in [1.29, 1.82) is 0 Å². The molecule has 6 heteroatoms. The van der Waals surface area contributed by atoms with Gasteiger partial charge in [-0.1, -0.05) is 29.8 Å². The number of unbranched alkanes of at least 4 members (excludes halogenated alkanes) is 6. The highest BCUT2D eigenvalue weighted by atomic mass is 127. The van der Waals surface area contributed by atoms with E-state index in [1.807, 2.05) is 0 Å². The molecule has 0 N–H and O–H groups in total. The lowest BCUT2D eigenvalue weighted by Gasteiger charge is -2.52. The molecule has 51 heavy (non-hydrogen) atoms. The van der Waals surface area contributed by atoms with Crippen molar-refractivity contribution >= 4 is 5.57 Å². The van der Waals surface area contributed by atoms with Gasteiger partial charge in [-0.05, 0) is 176 Å².